The Morgan fingerprint density at radius 2 is 2.00 bits per heavy atom. The van der Waals surface area contributed by atoms with Crippen LogP contribution in [0.3, 0.4) is 0 Å². The summed E-state index contributed by atoms with van der Waals surface area (Å²) in [6.07, 6.45) is 0.428. The summed E-state index contributed by atoms with van der Waals surface area (Å²) in [6.45, 7) is 1.73. The van der Waals surface area contributed by atoms with Crippen LogP contribution in [0.5, 0.6) is 0 Å². The molecular formula is C12H14Br3NO4S. The molecule has 0 fully saturated rings. The highest BCUT2D eigenvalue weighted by Crippen LogP contribution is 2.43. The van der Waals surface area contributed by atoms with Gasteiger partial charge >= 0.3 is 0 Å². The number of halogens is 3. The lowest BCUT2D eigenvalue weighted by Gasteiger charge is -2.15. The number of carbonyl (C=O) groups is 1. The molecule has 21 heavy (non-hydrogen) atoms. The summed E-state index contributed by atoms with van der Waals surface area (Å²) in [5, 5.41) is 11.5. The summed E-state index contributed by atoms with van der Waals surface area (Å²) in [5.41, 5.74) is 0.234. The van der Waals surface area contributed by atoms with Crippen molar-refractivity contribution >= 4 is 63.5 Å². The smallest absolute Gasteiger partial charge is 0.251 e. The highest BCUT2D eigenvalue weighted by atomic mass is 80.0. The van der Waals surface area contributed by atoms with Crippen LogP contribution in [0.4, 0.5) is 0 Å². The summed E-state index contributed by atoms with van der Waals surface area (Å²) >= 11 is 8.93. The fourth-order valence-electron chi connectivity index (χ4n) is 1.51. The van der Waals surface area contributed by atoms with Gasteiger partial charge in [0.2, 0.25) is 11.3 Å². The van der Waals surface area contributed by atoms with Gasteiger partial charge in [0.15, 0.2) is 0 Å². The molecule has 1 amide bonds. The third kappa shape index (κ3) is 5.02. The predicted molar refractivity (Wildman–Crippen MR) is 91.8 cm³/mol. The molecule has 0 heterocycles. The summed E-state index contributed by atoms with van der Waals surface area (Å²) in [7, 11) is -3.74. The minimum atomic E-state index is -3.74. The average Bonchev–Trinajstić information content (AvgIpc) is 2.37. The van der Waals surface area contributed by atoms with Gasteiger partial charge in [-0.15, -0.1) is 0 Å². The number of aliphatic hydroxyl groups excluding tert-OH is 1. The van der Waals surface area contributed by atoms with E-state index in [0.717, 1.165) is 0 Å². The normalized spacial score (nSPS) is 13.8. The molecule has 0 spiro atoms. The van der Waals surface area contributed by atoms with Crippen LogP contribution in [0, 0.1) is 0 Å². The van der Waals surface area contributed by atoms with E-state index in [1.165, 1.54) is 24.3 Å². The third-order valence-corrected chi connectivity index (χ3v) is 7.97. The van der Waals surface area contributed by atoms with Gasteiger partial charge in [-0.25, -0.2) is 8.42 Å². The number of hydrogen-bond acceptors (Lipinski definition) is 4. The first-order chi connectivity index (χ1) is 9.59. The van der Waals surface area contributed by atoms with Crippen molar-refractivity contribution in [1.29, 1.82) is 0 Å². The summed E-state index contributed by atoms with van der Waals surface area (Å²) < 4.78 is 23.0. The van der Waals surface area contributed by atoms with Crippen molar-refractivity contribution in [2.24, 2.45) is 0 Å². The van der Waals surface area contributed by atoms with E-state index in [2.05, 4.69) is 53.1 Å². The van der Waals surface area contributed by atoms with Crippen molar-refractivity contribution in [1.82, 2.24) is 5.32 Å². The second-order valence-corrected chi connectivity index (χ2v) is 14.8. The van der Waals surface area contributed by atoms with Crippen LogP contribution in [0.15, 0.2) is 29.2 Å². The largest absolute Gasteiger partial charge is 0.396 e. The molecule has 0 aliphatic carbocycles. The molecule has 1 aromatic carbocycles. The van der Waals surface area contributed by atoms with E-state index >= 15 is 0 Å². The number of aliphatic hydroxyl groups is 1. The second-order valence-electron chi connectivity index (χ2n) is 4.36. The first-order valence-corrected chi connectivity index (χ1v) is 9.79. The van der Waals surface area contributed by atoms with Crippen LogP contribution < -0.4 is 5.32 Å². The third-order valence-electron chi connectivity index (χ3n) is 2.65. The summed E-state index contributed by atoms with van der Waals surface area (Å²) in [4.78, 5) is 12.0. The van der Waals surface area contributed by atoms with Gasteiger partial charge in [-0.2, -0.15) is 0 Å². The van der Waals surface area contributed by atoms with Gasteiger partial charge in [-0.3, -0.25) is 4.79 Å². The first kappa shape index (κ1) is 19.1. The lowest BCUT2D eigenvalue weighted by atomic mass is 10.2. The van der Waals surface area contributed by atoms with E-state index in [1.54, 1.807) is 6.92 Å². The van der Waals surface area contributed by atoms with E-state index in [4.69, 9.17) is 5.11 Å². The van der Waals surface area contributed by atoms with Crippen molar-refractivity contribution < 1.29 is 18.3 Å². The van der Waals surface area contributed by atoms with Crippen LogP contribution in [0.2, 0.25) is 0 Å². The number of benzene rings is 1. The molecule has 0 aromatic heterocycles. The number of amides is 1. The Morgan fingerprint density at radius 3 is 2.52 bits per heavy atom. The number of sulfone groups is 1. The molecule has 1 rings (SSSR count). The van der Waals surface area contributed by atoms with Gasteiger partial charge < -0.3 is 10.4 Å². The highest BCUT2D eigenvalue weighted by Gasteiger charge is 2.37. The highest BCUT2D eigenvalue weighted by molar-refractivity contribution is 9.42. The molecule has 0 aliphatic heterocycles. The molecule has 0 saturated heterocycles. The summed E-state index contributed by atoms with van der Waals surface area (Å²) in [6, 6.07) is 5.53. The zero-order chi connectivity index (χ0) is 16.3. The van der Waals surface area contributed by atoms with Gasteiger partial charge in [-0.05, 0) is 79.3 Å². The predicted octanol–water partition coefficient (Wildman–Crippen LogP) is 2.76. The number of carbonyl (C=O) groups excluding carboxylic acids is 1. The maximum Gasteiger partial charge on any atom is 0.251 e. The topological polar surface area (TPSA) is 83.5 Å². The standard InChI is InChI=1S/C12H14Br3NO4S/c1-8(5-6-17)16-11(18)9-3-2-4-10(7-9)21(19,20)12(13,14)15/h2-4,7-8,17H,5-6H2,1H3,(H,16,18). The van der Waals surface area contributed by atoms with Crippen LogP contribution in [0.1, 0.15) is 23.7 Å². The Morgan fingerprint density at radius 1 is 1.38 bits per heavy atom. The Labute approximate surface area is 148 Å². The lowest BCUT2D eigenvalue weighted by Crippen LogP contribution is -2.33. The zero-order valence-corrected chi connectivity index (χ0v) is 16.6. The Hall–Kier alpha value is 0.0400. The molecule has 0 bridgehead atoms. The van der Waals surface area contributed by atoms with Crippen molar-refractivity contribution in [3.8, 4) is 0 Å². The minimum Gasteiger partial charge on any atom is -0.396 e. The van der Waals surface area contributed by atoms with E-state index in [1.807, 2.05) is 0 Å². The Kier molecular flexibility index (Phi) is 6.85. The van der Waals surface area contributed by atoms with E-state index < -0.39 is 17.2 Å². The molecule has 9 heteroatoms. The quantitative estimate of drug-likeness (QED) is 0.600. The lowest BCUT2D eigenvalue weighted by molar-refractivity contribution is 0.0934. The monoisotopic (exact) mass is 505 g/mol. The Balaban J connectivity index is 3.04. The van der Waals surface area contributed by atoms with E-state index in [0.29, 0.717) is 6.42 Å². The van der Waals surface area contributed by atoms with E-state index in [-0.39, 0.29) is 23.1 Å². The van der Waals surface area contributed by atoms with Gasteiger partial charge in [0.05, 0.1) is 4.90 Å². The van der Waals surface area contributed by atoms with Crippen molar-refractivity contribution in [2.45, 2.75) is 25.8 Å². The number of alkyl halides is 3. The van der Waals surface area contributed by atoms with Crippen LogP contribution in [-0.2, 0) is 9.84 Å². The zero-order valence-electron chi connectivity index (χ0n) is 11.0. The van der Waals surface area contributed by atoms with Gasteiger partial charge in [0.25, 0.3) is 5.91 Å². The molecule has 5 nitrogen and oxygen atoms in total. The van der Waals surface area contributed by atoms with Gasteiger partial charge in [0.1, 0.15) is 0 Å². The molecule has 0 saturated carbocycles. The first-order valence-electron chi connectivity index (χ1n) is 5.92. The minimum absolute atomic E-state index is 0.00409. The van der Waals surface area contributed by atoms with E-state index in [9.17, 15) is 13.2 Å². The maximum absolute atomic E-state index is 12.2. The fourth-order valence-corrected chi connectivity index (χ4v) is 4.00. The maximum atomic E-state index is 12.2. The van der Waals surface area contributed by atoms with Crippen molar-refractivity contribution in [3.63, 3.8) is 0 Å². The van der Waals surface area contributed by atoms with Gasteiger partial charge in [-0.1, -0.05) is 6.07 Å². The fraction of sp³-hybridized carbons (Fsp3) is 0.417. The molecule has 0 radical (unpaired) electrons. The van der Waals surface area contributed by atoms with Crippen molar-refractivity contribution in [2.75, 3.05) is 6.61 Å². The number of nitrogens with one attached hydrogen (secondary N) is 1. The number of rotatable bonds is 5. The molecule has 1 aromatic rings. The van der Waals surface area contributed by atoms with Crippen LogP contribution in [0.25, 0.3) is 0 Å². The summed E-state index contributed by atoms with van der Waals surface area (Å²) in [5.74, 6) is -0.391. The van der Waals surface area contributed by atoms with Crippen LogP contribution >= 0.6 is 47.8 Å². The molecular weight excluding hydrogens is 494 g/mol. The SMILES string of the molecule is CC(CCO)NC(=O)c1cccc(S(=O)(=O)C(Br)(Br)Br)c1. The number of hydrogen-bond donors (Lipinski definition) is 2. The molecule has 2 N–H and O–H groups in total. The molecule has 1 atom stereocenters. The second kappa shape index (κ2) is 7.54. The van der Waals surface area contributed by atoms with Crippen molar-refractivity contribution in [3.05, 3.63) is 29.8 Å². The molecule has 1 unspecified atom stereocenters. The van der Waals surface area contributed by atoms with Gasteiger partial charge in [0, 0.05) is 18.2 Å². The molecule has 118 valence electrons. The van der Waals surface area contributed by atoms with Crippen LogP contribution in [-0.4, -0.2) is 33.6 Å². The Bertz CT molecular complexity index is 613. The molecule has 0 aliphatic rings. The average molecular weight is 508 g/mol.